The number of hydrogen-bond acceptors (Lipinski definition) is 7. The van der Waals surface area contributed by atoms with Gasteiger partial charge in [-0.1, -0.05) is 30.3 Å². The van der Waals surface area contributed by atoms with Crippen LogP contribution in [0, 0.1) is 0 Å². The summed E-state index contributed by atoms with van der Waals surface area (Å²) in [5.41, 5.74) is 12.1. The highest BCUT2D eigenvalue weighted by molar-refractivity contribution is 7.98. The maximum Gasteiger partial charge on any atom is 0.326 e. The second-order valence-corrected chi connectivity index (χ2v) is 9.04. The van der Waals surface area contributed by atoms with Crippen molar-refractivity contribution in [1.29, 1.82) is 0 Å². The molecule has 190 valence electrons. The molecule has 11 heteroatoms. The highest BCUT2D eigenvalue weighted by Crippen LogP contribution is 2.07. The van der Waals surface area contributed by atoms with Gasteiger partial charge in [0.1, 0.15) is 18.1 Å². The number of carboxylic acid groups (broad SMARTS) is 1. The second kappa shape index (κ2) is 16.1. The molecule has 0 spiro atoms. The summed E-state index contributed by atoms with van der Waals surface area (Å²) < 4.78 is 0. The fourth-order valence-electron chi connectivity index (χ4n) is 3.14. The van der Waals surface area contributed by atoms with Crippen molar-refractivity contribution in [2.45, 2.75) is 63.2 Å². The molecule has 0 fully saturated rings. The van der Waals surface area contributed by atoms with Gasteiger partial charge in [0, 0.05) is 6.42 Å². The molecule has 8 N–H and O–H groups in total. The first-order chi connectivity index (χ1) is 16.2. The fraction of sp³-hybridized carbons (Fsp3) is 0.565. The van der Waals surface area contributed by atoms with Crippen LogP contribution in [0.5, 0.6) is 0 Å². The number of unbranched alkanes of at least 4 members (excludes halogenated alkanes) is 1. The Morgan fingerprint density at radius 2 is 1.59 bits per heavy atom. The molecule has 4 atom stereocenters. The summed E-state index contributed by atoms with van der Waals surface area (Å²) >= 11 is 1.57. The Morgan fingerprint density at radius 1 is 0.941 bits per heavy atom. The zero-order valence-electron chi connectivity index (χ0n) is 19.8. The maximum absolute atomic E-state index is 13.0. The van der Waals surface area contributed by atoms with Crippen LogP contribution >= 0.6 is 11.8 Å². The standard InChI is InChI=1S/C23H37N5O5S/c1-15(26-21(30)17(25)11-13-34-2)20(29)28-19(14-16-8-4-3-5-9-16)22(31)27-18(23(32)33)10-6-7-12-24/h3-5,8-9,15,17-19H,6-7,10-14,24-25H2,1-2H3,(H,26,30)(H,27,31)(H,28,29)(H,32,33). The molecule has 0 saturated heterocycles. The lowest BCUT2D eigenvalue weighted by Crippen LogP contribution is -2.57. The highest BCUT2D eigenvalue weighted by atomic mass is 32.2. The van der Waals surface area contributed by atoms with E-state index >= 15 is 0 Å². The number of carbonyl (C=O) groups is 4. The molecule has 0 heterocycles. The summed E-state index contributed by atoms with van der Waals surface area (Å²) in [4.78, 5) is 49.6. The molecular formula is C23H37N5O5S. The Labute approximate surface area is 205 Å². The summed E-state index contributed by atoms with van der Waals surface area (Å²) in [5, 5.41) is 17.2. The summed E-state index contributed by atoms with van der Waals surface area (Å²) in [6, 6.07) is 5.24. The lowest BCUT2D eigenvalue weighted by Gasteiger charge is -2.24. The summed E-state index contributed by atoms with van der Waals surface area (Å²) in [6.07, 6.45) is 3.95. The van der Waals surface area contributed by atoms with Crippen LogP contribution in [0.4, 0.5) is 0 Å². The first kappa shape index (κ1) is 29.4. The Kier molecular flexibility index (Phi) is 13.9. The molecule has 0 aliphatic rings. The van der Waals surface area contributed by atoms with Crippen LogP contribution < -0.4 is 27.4 Å². The minimum absolute atomic E-state index is 0.154. The summed E-state index contributed by atoms with van der Waals surface area (Å²) in [5.74, 6) is -2.09. The Hall–Kier alpha value is -2.63. The van der Waals surface area contributed by atoms with Gasteiger partial charge in [0.15, 0.2) is 0 Å². The van der Waals surface area contributed by atoms with E-state index in [2.05, 4.69) is 16.0 Å². The maximum atomic E-state index is 13.0. The summed E-state index contributed by atoms with van der Waals surface area (Å²) in [6.45, 7) is 1.93. The van der Waals surface area contributed by atoms with Gasteiger partial charge in [-0.2, -0.15) is 11.8 Å². The molecule has 0 radical (unpaired) electrons. The van der Waals surface area contributed by atoms with Crippen LogP contribution in [-0.2, 0) is 25.6 Å². The van der Waals surface area contributed by atoms with E-state index in [1.165, 1.54) is 6.92 Å². The third-order valence-corrected chi connectivity index (χ3v) is 5.84. The zero-order chi connectivity index (χ0) is 25.5. The van der Waals surface area contributed by atoms with Gasteiger partial charge in [-0.25, -0.2) is 4.79 Å². The molecule has 0 bridgehead atoms. The normalized spacial score (nSPS) is 14.4. The van der Waals surface area contributed by atoms with Gasteiger partial charge in [-0.3, -0.25) is 14.4 Å². The van der Waals surface area contributed by atoms with E-state index in [0.717, 1.165) is 5.56 Å². The first-order valence-corrected chi connectivity index (χ1v) is 12.7. The van der Waals surface area contributed by atoms with Gasteiger partial charge >= 0.3 is 5.97 Å². The molecular weight excluding hydrogens is 458 g/mol. The smallest absolute Gasteiger partial charge is 0.326 e. The third kappa shape index (κ3) is 11.0. The third-order valence-electron chi connectivity index (χ3n) is 5.20. The number of hydrogen-bond donors (Lipinski definition) is 6. The largest absolute Gasteiger partial charge is 0.480 e. The van der Waals surface area contributed by atoms with Crippen molar-refractivity contribution >= 4 is 35.5 Å². The Balaban J connectivity index is 2.88. The fourth-order valence-corrected chi connectivity index (χ4v) is 3.63. The number of carboxylic acids is 1. The van der Waals surface area contributed by atoms with Crippen LogP contribution in [0.2, 0.25) is 0 Å². The molecule has 34 heavy (non-hydrogen) atoms. The molecule has 4 unspecified atom stereocenters. The van der Waals surface area contributed by atoms with Gasteiger partial charge < -0.3 is 32.5 Å². The topological polar surface area (TPSA) is 177 Å². The van der Waals surface area contributed by atoms with Crippen molar-refractivity contribution < 1.29 is 24.3 Å². The number of rotatable bonds is 16. The number of benzene rings is 1. The van der Waals surface area contributed by atoms with Crippen LogP contribution in [0.3, 0.4) is 0 Å². The average molecular weight is 496 g/mol. The van der Waals surface area contributed by atoms with Crippen molar-refractivity contribution in [1.82, 2.24) is 16.0 Å². The van der Waals surface area contributed by atoms with E-state index in [1.54, 1.807) is 36.0 Å². The van der Waals surface area contributed by atoms with Crippen LogP contribution in [-0.4, -0.2) is 71.5 Å². The van der Waals surface area contributed by atoms with E-state index < -0.39 is 47.9 Å². The second-order valence-electron chi connectivity index (χ2n) is 8.05. The molecule has 0 aliphatic heterocycles. The predicted molar refractivity (Wildman–Crippen MR) is 133 cm³/mol. The molecule has 1 aromatic carbocycles. The van der Waals surface area contributed by atoms with Crippen LogP contribution in [0.1, 0.15) is 38.2 Å². The van der Waals surface area contributed by atoms with Crippen LogP contribution in [0.15, 0.2) is 30.3 Å². The lowest BCUT2D eigenvalue weighted by molar-refractivity contribution is -0.142. The van der Waals surface area contributed by atoms with E-state index in [4.69, 9.17) is 11.5 Å². The van der Waals surface area contributed by atoms with E-state index in [0.29, 0.717) is 31.6 Å². The number of carbonyl (C=O) groups excluding carboxylic acids is 3. The summed E-state index contributed by atoms with van der Waals surface area (Å²) in [7, 11) is 0. The van der Waals surface area contributed by atoms with Crippen molar-refractivity contribution in [3.63, 3.8) is 0 Å². The van der Waals surface area contributed by atoms with Gasteiger partial charge in [0.2, 0.25) is 17.7 Å². The predicted octanol–water partition coefficient (Wildman–Crippen LogP) is -0.00260. The Bertz CT molecular complexity index is 795. The van der Waals surface area contributed by atoms with Crippen molar-refractivity contribution in [3.8, 4) is 0 Å². The van der Waals surface area contributed by atoms with Gasteiger partial charge in [-0.15, -0.1) is 0 Å². The van der Waals surface area contributed by atoms with Crippen molar-refractivity contribution in [2.75, 3.05) is 18.6 Å². The number of nitrogens with one attached hydrogen (secondary N) is 3. The minimum Gasteiger partial charge on any atom is -0.480 e. The monoisotopic (exact) mass is 495 g/mol. The molecule has 1 aromatic rings. The average Bonchev–Trinajstić information content (AvgIpc) is 2.81. The van der Waals surface area contributed by atoms with E-state index in [9.17, 15) is 24.3 Å². The quantitative estimate of drug-likeness (QED) is 0.174. The molecule has 1 rings (SSSR count). The van der Waals surface area contributed by atoms with Gasteiger partial charge in [-0.05, 0) is 56.7 Å². The zero-order valence-corrected chi connectivity index (χ0v) is 20.6. The number of amides is 3. The van der Waals surface area contributed by atoms with E-state index in [1.807, 2.05) is 12.3 Å². The number of thioether (sulfide) groups is 1. The molecule has 0 saturated carbocycles. The molecule has 10 nitrogen and oxygen atoms in total. The molecule has 0 aliphatic carbocycles. The lowest BCUT2D eigenvalue weighted by atomic mass is 10.0. The van der Waals surface area contributed by atoms with Gasteiger partial charge in [0.25, 0.3) is 0 Å². The highest BCUT2D eigenvalue weighted by Gasteiger charge is 2.28. The van der Waals surface area contributed by atoms with E-state index in [-0.39, 0.29) is 12.8 Å². The number of nitrogens with two attached hydrogens (primary N) is 2. The first-order valence-electron chi connectivity index (χ1n) is 11.3. The molecule has 3 amide bonds. The van der Waals surface area contributed by atoms with Crippen LogP contribution in [0.25, 0.3) is 0 Å². The minimum atomic E-state index is -1.16. The van der Waals surface area contributed by atoms with Crippen molar-refractivity contribution in [3.05, 3.63) is 35.9 Å². The van der Waals surface area contributed by atoms with Gasteiger partial charge in [0.05, 0.1) is 6.04 Å². The number of aliphatic carboxylic acids is 1. The van der Waals surface area contributed by atoms with Crippen molar-refractivity contribution in [2.24, 2.45) is 11.5 Å². The molecule has 0 aromatic heterocycles. The SMILES string of the molecule is CSCCC(N)C(=O)NC(C)C(=O)NC(Cc1ccccc1)C(=O)NC(CCCCN)C(=O)O. The Morgan fingerprint density at radius 3 is 2.18 bits per heavy atom.